The summed E-state index contributed by atoms with van der Waals surface area (Å²) in [7, 11) is 0. The van der Waals surface area contributed by atoms with E-state index in [1.165, 1.54) is 26.0 Å². The molecule has 1 radical (unpaired) electrons. The van der Waals surface area contributed by atoms with Gasteiger partial charge in [-0.1, -0.05) is 12.1 Å². The van der Waals surface area contributed by atoms with Gasteiger partial charge < -0.3 is 0 Å². The molecular formula is C9H8F3. The largest absolute Gasteiger partial charge is 0.416 e. The minimum atomic E-state index is -4.25. The lowest BCUT2D eigenvalue weighted by Gasteiger charge is -2.12. The highest BCUT2D eigenvalue weighted by Gasteiger charge is 2.33. The van der Waals surface area contributed by atoms with Gasteiger partial charge in [0.1, 0.15) is 0 Å². The Balaban J connectivity index is 3.31. The lowest BCUT2D eigenvalue weighted by molar-refractivity contribution is -0.138. The molecule has 0 amide bonds. The second-order valence-electron chi connectivity index (χ2n) is 2.69. The Morgan fingerprint density at radius 2 is 1.50 bits per heavy atom. The summed E-state index contributed by atoms with van der Waals surface area (Å²) in [5.41, 5.74) is -0.0914. The fraction of sp³-hybridized carbons (Fsp3) is 0.333. The van der Waals surface area contributed by atoms with Crippen LogP contribution in [0.4, 0.5) is 13.2 Å². The van der Waals surface area contributed by atoms with Gasteiger partial charge in [-0.2, -0.15) is 13.2 Å². The van der Waals surface area contributed by atoms with Crippen LogP contribution in [0.2, 0.25) is 0 Å². The fourth-order valence-corrected chi connectivity index (χ4v) is 1.19. The van der Waals surface area contributed by atoms with Crippen LogP contribution in [-0.4, -0.2) is 0 Å². The van der Waals surface area contributed by atoms with Crippen molar-refractivity contribution in [1.82, 2.24) is 0 Å². The average Bonchev–Trinajstić information content (AvgIpc) is 1.82. The van der Waals surface area contributed by atoms with E-state index in [1.54, 1.807) is 0 Å². The molecule has 1 aromatic rings. The maximum atomic E-state index is 12.3. The molecule has 0 atom stereocenters. The lowest BCUT2D eigenvalue weighted by Crippen LogP contribution is -2.09. The SMILES string of the molecule is Cc1c[c]cc(C)c1C(F)(F)F. The van der Waals surface area contributed by atoms with Crippen molar-refractivity contribution in [3.8, 4) is 0 Å². The van der Waals surface area contributed by atoms with Crippen molar-refractivity contribution in [3.05, 3.63) is 34.9 Å². The quantitative estimate of drug-likeness (QED) is 0.565. The van der Waals surface area contributed by atoms with Crippen LogP contribution in [0.3, 0.4) is 0 Å². The molecule has 0 aromatic heterocycles. The van der Waals surface area contributed by atoms with E-state index in [1.807, 2.05) is 0 Å². The van der Waals surface area contributed by atoms with Crippen molar-refractivity contribution in [2.24, 2.45) is 0 Å². The first-order chi connectivity index (χ1) is 5.43. The molecule has 0 bridgehead atoms. The first-order valence-corrected chi connectivity index (χ1v) is 3.47. The molecule has 0 heterocycles. The van der Waals surface area contributed by atoms with Crippen molar-refractivity contribution in [3.63, 3.8) is 0 Å². The summed E-state index contributed by atoms with van der Waals surface area (Å²) >= 11 is 0. The molecule has 0 aliphatic rings. The maximum Gasteiger partial charge on any atom is 0.416 e. The van der Waals surface area contributed by atoms with Gasteiger partial charge in [0.15, 0.2) is 0 Å². The Hall–Kier alpha value is -0.990. The third-order valence-corrected chi connectivity index (χ3v) is 1.67. The number of alkyl halides is 3. The number of rotatable bonds is 0. The van der Waals surface area contributed by atoms with Crippen LogP contribution in [0.15, 0.2) is 12.1 Å². The van der Waals surface area contributed by atoms with Crippen LogP contribution in [-0.2, 0) is 6.18 Å². The third kappa shape index (κ3) is 1.60. The molecule has 0 nitrogen and oxygen atoms in total. The van der Waals surface area contributed by atoms with E-state index in [2.05, 4.69) is 6.07 Å². The standard InChI is InChI=1S/C9H8F3/c1-6-4-3-5-7(2)8(6)9(10,11)12/h4-5H,1-2H3. The van der Waals surface area contributed by atoms with Crippen molar-refractivity contribution in [1.29, 1.82) is 0 Å². The van der Waals surface area contributed by atoms with Gasteiger partial charge >= 0.3 is 6.18 Å². The number of hydrogen-bond donors (Lipinski definition) is 0. The van der Waals surface area contributed by atoms with Gasteiger partial charge in [0.05, 0.1) is 5.56 Å². The predicted octanol–water partition coefficient (Wildman–Crippen LogP) is 3.12. The highest BCUT2D eigenvalue weighted by molar-refractivity contribution is 5.35. The summed E-state index contributed by atoms with van der Waals surface area (Å²) in [6.45, 7) is 2.87. The van der Waals surface area contributed by atoms with E-state index >= 15 is 0 Å². The van der Waals surface area contributed by atoms with E-state index in [9.17, 15) is 13.2 Å². The molecule has 0 saturated heterocycles. The Morgan fingerprint density at radius 1 is 1.08 bits per heavy atom. The van der Waals surface area contributed by atoms with Crippen molar-refractivity contribution in [2.45, 2.75) is 20.0 Å². The summed E-state index contributed by atoms with van der Waals surface area (Å²) in [6.07, 6.45) is -4.25. The topological polar surface area (TPSA) is 0 Å². The van der Waals surface area contributed by atoms with Crippen molar-refractivity contribution >= 4 is 0 Å². The number of halogens is 3. The van der Waals surface area contributed by atoms with Crippen LogP contribution in [0.25, 0.3) is 0 Å². The highest BCUT2D eigenvalue weighted by atomic mass is 19.4. The third-order valence-electron chi connectivity index (χ3n) is 1.67. The maximum absolute atomic E-state index is 12.3. The van der Waals surface area contributed by atoms with Crippen molar-refractivity contribution < 1.29 is 13.2 Å². The zero-order valence-corrected chi connectivity index (χ0v) is 6.79. The van der Waals surface area contributed by atoms with Gasteiger partial charge in [0, 0.05) is 0 Å². The van der Waals surface area contributed by atoms with Crippen LogP contribution in [0.5, 0.6) is 0 Å². The molecule has 0 aliphatic heterocycles. The summed E-state index contributed by atoms with van der Waals surface area (Å²) in [5, 5.41) is 0. The van der Waals surface area contributed by atoms with Gasteiger partial charge in [-0.3, -0.25) is 0 Å². The van der Waals surface area contributed by atoms with Gasteiger partial charge in [-0.05, 0) is 31.0 Å². The first-order valence-electron chi connectivity index (χ1n) is 3.47. The van der Waals surface area contributed by atoms with E-state index in [-0.39, 0.29) is 11.1 Å². The monoisotopic (exact) mass is 173 g/mol. The Kier molecular flexibility index (Phi) is 2.13. The van der Waals surface area contributed by atoms with Gasteiger partial charge in [-0.15, -0.1) is 0 Å². The van der Waals surface area contributed by atoms with E-state index in [0.717, 1.165) is 0 Å². The van der Waals surface area contributed by atoms with Crippen molar-refractivity contribution in [2.75, 3.05) is 0 Å². The van der Waals surface area contributed by atoms with Gasteiger partial charge in [-0.25, -0.2) is 0 Å². The second kappa shape index (κ2) is 2.81. The molecule has 1 rings (SSSR count). The number of benzene rings is 1. The molecule has 0 spiro atoms. The molecule has 1 aromatic carbocycles. The smallest absolute Gasteiger partial charge is 0.166 e. The van der Waals surface area contributed by atoms with E-state index in [4.69, 9.17) is 0 Å². The Labute approximate surface area is 69.0 Å². The van der Waals surface area contributed by atoms with Gasteiger partial charge in [0.2, 0.25) is 0 Å². The zero-order chi connectivity index (χ0) is 9.35. The molecule has 0 unspecified atom stereocenters. The van der Waals surface area contributed by atoms with E-state index in [0.29, 0.717) is 0 Å². The number of hydrogen-bond acceptors (Lipinski definition) is 0. The Morgan fingerprint density at radius 3 is 1.75 bits per heavy atom. The second-order valence-corrected chi connectivity index (χ2v) is 2.69. The summed E-state index contributed by atoms with van der Waals surface area (Å²) in [6, 6.07) is 5.33. The van der Waals surface area contributed by atoms with Crippen LogP contribution >= 0.6 is 0 Å². The molecule has 0 N–H and O–H groups in total. The van der Waals surface area contributed by atoms with Gasteiger partial charge in [0.25, 0.3) is 0 Å². The minimum Gasteiger partial charge on any atom is -0.166 e. The average molecular weight is 173 g/mol. The normalized spacial score (nSPS) is 11.8. The minimum absolute atomic E-state index is 0.225. The van der Waals surface area contributed by atoms with Crippen LogP contribution < -0.4 is 0 Å². The molecule has 0 aliphatic carbocycles. The fourth-order valence-electron chi connectivity index (χ4n) is 1.19. The summed E-state index contributed by atoms with van der Waals surface area (Å²) in [5.74, 6) is 0. The zero-order valence-electron chi connectivity index (χ0n) is 6.79. The van der Waals surface area contributed by atoms with Crippen LogP contribution in [0.1, 0.15) is 16.7 Å². The molecular weight excluding hydrogens is 165 g/mol. The Bertz CT molecular complexity index is 266. The molecule has 3 heteroatoms. The predicted molar refractivity (Wildman–Crippen MR) is 39.8 cm³/mol. The molecule has 65 valence electrons. The first kappa shape index (κ1) is 9.10. The number of aryl methyl sites for hydroxylation is 2. The van der Waals surface area contributed by atoms with E-state index < -0.39 is 11.7 Å². The summed E-state index contributed by atoms with van der Waals surface area (Å²) < 4.78 is 36.9. The molecule has 0 saturated carbocycles. The molecule has 0 fully saturated rings. The summed E-state index contributed by atoms with van der Waals surface area (Å²) in [4.78, 5) is 0. The lowest BCUT2D eigenvalue weighted by atomic mass is 10.0. The molecule has 12 heavy (non-hydrogen) atoms. The van der Waals surface area contributed by atoms with Crippen LogP contribution in [0, 0.1) is 19.9 Å². The highest BCUT2D eigenvalue weighted by Crippen LogP contribution is 2.33.